The van der Waals surface area contributed by atoms with E-state index in [1.54, 1.807) is 19.2 Å². The number of ether oxygens (including phenoxy) is 1. The number of nitro benzene ring substituents is 1. The van der Waals surface area contributed by atoms with E-state index >= 15 is 0 Å². The molecule has 1 rings (SSSR count). The highest BCUT2D eigenvalue weighted by Gasteiger charge is 2.17. The summed E-state index contributed by atoms with van der Waals surface area (Å²) in [5.74, 6) is 0. The molecule has 0 saturated heterocycles. The van der Waals surface area contributed by atoms with Gasteiger partial charge >= 0.3 is 5.69 Å². The van der Waals surface area contributed by atoms with Crippen molar-refractivity contribution >= 4 is 23.0 Å². The van der Waals surface area contributed by atoms with Crippen molar-refractivity contribution in [1.29, 1.82) is 0 Å². The molecule has 0 heterocycles. The van der Waals surface area contributed by atoms with Crippen LogP contribution in [-0.2, 0) is 4.74 Å². The van der Waals surface area contributed by atoms with Gasteiger partial charge in [-0.2, -0.15) is 0 Å². The molecule has 0 aliphatic heterocycles. The largest absolute Gasteiger partial charge is 0.385 e. The second kappa shape index (κ2) is 6.30. The Hall–Kier alpha value is -1.33. The van der Waals surface area contributed by atoms with Gasteiger partial charge in [-0.05, 0) is 18.6 Å². The highest BCUT2D eigenvalue weighted by molar-refractivity contribution is 6.33. The Morgan fingerprint density at radius 3 is 2.94 bits per heavy atom. The number of nitro groups is 1. The summed E-state index contributed by atoms with van der Waals surface area (Å²) in [5, 5.41) is 13.9. The molecule has 0 unspecified atom stereocenters. The lowest BCUT2D eigenvalue weighted by atomic mass is 10.2. The van der Waals surface area contributed by atoms with Crippen LogP contribution in [0.4, 0.5) is 11.4 Å². The normalized spacial score (nSPS) is 10.1. The van der Waals surface area contributed by atoms with E-state index in [1.165, 1.54) is 6.07 Å². The lowest BCUT2D eigenvalue weighted by molar-refractivity contribution is -0.383. The molecule has 0 aliphatic rings. The number of para-hydroxylation sites is 1. The van der Waals surface area contributed by atoms with Gasteiger partial charge in [0.1, 0.15) is 10.7 Å². The maximum absolute atomic E-state index is 10.8. The van der Waals surface area contributed by atoms with Crippen LogP contribution in [0.1, 0.15) is 6.42 Å². The number of nitrogens with zero attached hydrogens (tertiary/aromatic N) is 1. The molecule has 1 aromatic rings. The van der Waals surface area contributed by atoms with Crippen LogP contribution in [0.3, 0.4) is 0 Å². The Labute approximate surface area is 98.5 Å². The number of methoxy groups -OCH3 is 1. The van der Waals surface area contributed by atoms with Crippen molar-refractivity contribution in [2.45, 2.75) is 6.42 Å². The fourth-order valence-electron chi connectivity index (χ4n) is 1.28. The third-order valence-corrected chi connectivity index (χ3v) is 2.32. The van der Waals surface area contributed by atoms with Gasteiger partial charge in [-0.15, -0.1) is 0 Å². The number of halogens is 1. The molecule has 6 heteroatoms. The van der Waals surface area contributed by atoms with Crippen molar-refractivity contribution in [2.75, 3.05) is 25.6 Å². The summed E-state index contributed by atoms with van der Waals surface area (Å²) in [4.78, 5) is 10.3. The third kappa shape index (κ3) is 3.36. The summed E-state index contributed by atoms with van der Waals surface area (Å²) in [7, 11) is 1.61. The van der Waals surface area contributed by atoms with Crippen LogP contribution in [0.15, 0.2) is 18.2 Å². The molecule has 1 N–H and O–H groups in total. The lowest BCUT2D eigenvalue weighted by Gasteiger charge is -2.07. The van der Waals surface area contributed by atoms with Gasteiger partial charge in [-0.25, -0.2) is 0 Å². The van der Waals surface area contributed by atoms with Crippen molar-refractivity contribution in [3.05, 3.63) is 33.3 Å². The van der Waals surface area contributed by atoms with Crippen molar-refractivity contribution < 1.29 is 9.66 Å². The Balaban J connectivity index is 2.71. The zero-order chi connectivity index (χ0) is 12.0. The van der Waals surface area contributed by atoms with E-state index in [1.807, 2.05) is 0 Å². The predicted octanol–water partition coefficient (Wildman–Crippen LogP) is 2.70. The van der Waals surface area contributed by atoms with E-state index in [9.17, 15) is 10.1 Å². The second-order valence-electron chi connectivity index (χ2n) is 3.17. The van der Waals surface area contributed by atoms with Crippen molar-refractivity contribution in [2.24, 2.45) is 0 Å². The zero-order valence-electron chi connectivity index (χ0n) is 8.90. The van der Waals surface area contributed by atoms with E-state index in [4.69, 9.17) is 16.3 Å². The molecule has 16 heavy (non-hydrogen) atoms. The molecule has 5 nitrogen and oxygen atoms in total. The predicted molar refractivity (Wildman–Crippen MR) is 63.1 cm³/mol. The van der Waals surface area contributed by atoms with Gasteiger partial charge < -0.3 is 10.1 Å². The average Bonchev–Trinajstić information content (AvgIpc) is 2.24. The van der Waals surface area contributed by atoms with Crippen molar-refractivity contribution in [3.63, 3.8) is 0 Å². The molecular weight excluding hydrogens is 232 g/mol. The van der Waals surface area contributed by atoms with E-state index < -0.39 is 4.92 Å². The number of benzene rings is 1. The van der Waals surface area contributed by atoms with E-state index in [0.717, 1.165) is 6.42 Å². The van der Waals surface area contributed by atoms with Crippen LogP contribution >= 0.6 is 11.6 Å². The molecule has 0 atom stereocenters. The molecule has 1 aromatic carbocycles. The SMILES string of the molecule is COCCCNc1cccc(Cl)c1[N+](=O)[O-]. The summed E-state index contributed by atoms with van der Waals surface area (Å²) in [5.41, 5.74) is 0.357. The van der Waals surface area contributed by atoms with Crippen LogP contribution in [0.5, 0.6) is 0 Å². The highest BCUT2D eigenvalue weighted by Crippen LogP contribution is 2.31. The molecule has 0 fully saturated rings. The monoisotopic (exact) mass is 244 g/mol. The molecule has 0 amide bonds. The Morgan fingerprint density at radius 1 is 1.56 bits per heavy atom. The van der Waals surface area contributed by atoms with Crippen molar-refractivity contribution in [3.8, 4) is 0 Å². The standard InChI is InChI=1S/C10H13ClN2O3/c1-16-7-3-6-12-9-5-2-4-8(11)10(9)13(14)15/h2,4-5,12H,3,6-7H2,1H3. The van der Waals surface area contributed by atoms with Crippen LogP contribution < -0.4 is 5.32 Å². The molecule has 0 saturated carbocycles. The first-order valence-electron chi connectivity index (χ1n) is 4.82. The molecular formula is C10H13ClN2O3. The van der Waals surface area contributed by atoms with Gasteiger partial charge in [-0.1, -0.05) is 17.7 Å². The fraction of sp³-hybridized carbons (Fsp3) is 0.400. The first-order valence-corrected chi connectivity index (χ1v) is 5.20. The topological polar surface area (TPSA) is 64.4 Å². The summed E-state index contributed by atoms with van der Waals surface area (Å²) < 4.78 is 4.88. The van der Waals surface area contributed by atoms with Gasteiger partial charge in [0, 0.05) is 20.3 Å². The zero-order valence-corrected chi connectivity index (χ0v) is 9.66. The molecule has 0 spiro atoms. The maximum atomic E-state index is 10.8. The Kier molecular flexibility index (Phi) is 5.01. The minimum absolute atomic E-state index is 0.0819. The third-order valence-electron chi connectivity index (χ3n) is 2.01. The van der Waals surface area contributed by atoms with E-state index in [-0.39, 0.29) is 10.7 Å². The smallest absolute Gasteiger partial charge is 0.310 e. The average molecular weight is 245 g/mol. The summed E-state index contributed by atoms with van der Waals surface area (Å²) >= 11 is 5.76. The quantitative estimate of drug-likeness (QED) is 0.475. The molecule has 0 aliphatic carbocycles. The van der Waals surface area contributed by atoms with Gasteiger partial charge in [0.15, 0.2) is 0 Å². The number of anilines is 1. The minimum Gasteiger partial charge on any atom is -0.385 e. The van der Waals surface area contributed by atoms with E-state index in [2.05, 4.69) is 5.32 Å². The summed E-state index contributed by atoms with van der Waals surface area (Å²) in [6, 6.07) is 4.81. The number of rotatable bonds is 6. The van der Waals surface area contributed by atoms with Crippen molar-refractivity contribution in [1.82, 2.24) is 0 Å². The Morgan fingerprint density at radius 2 is 2.31 bits per heavy atom. The van der Waals surface area contributed by atoms with Crippen LogP contribution in [0, 0.1) is 10.1 Å². The van der Waals surface area contributed by atoms with Gasteiger partial charge in [-0.3, -0.25) is 10.1 Å². The lowest BCUT2D eigenvalue weighted by Crippen LogP contribution is -2.06. The molecule has 0 bridgehead atoms. The number of hydrogen-bond donors (Lipinski definition) is 1. The fourth-order valence-corrected chi connectivity index (χ4v) is 1.53. The number of hydrogen-bond acceptors (Lipinski definition) is 4. The Bertz CT molecular complexity index is 371. The van der Waals surface area contributed by atoms with Crippen LogP contribution in [0.2, 0.25) is 5.02 Å². The summed E-state index contributed by atoms with van der Waals surface area (Å²) in [6.45, 7) is 1.22. The van der Waals surface area contributed by atoms with Gasteiger partial charge in [0.25, 0.3) is 0 Å². The first-order chi connectivity index (χ1) is 7.66. The highest BCUT2D eigenvalue weighted by atomic mass is 35.5. The molecule has 0 aromatic heterocycles. The van der Waals surface area contributed by atoms with Gasteiger partial charge in [0.2, 0.25) is 0 Å². The number of nitrogens with one attached hydrogen (secondary N) is 1. The van der Waals surface area contributed by atoms with Crippen LogP contribution in [0.25, 0.3) is 0 Å². The summed E-state index contributed by atoms with van der Waals surface area (Å²) in [6.07, 6.45) is 0.778. The first kappa shape index (κ1) is 12.7. The molecule has 88 valence electrons. The maximum Gasteiger partial charge on any atom is 0.310 e. The minimum atomic E-state index is -0.485. The van der Waals surface area contributed by atoms with Gasteiger partial charge in [0.05, 0.1) is 4.92 Å². The van der Waals surface area contributed by atoms with Crippen LogP contribution in [-0.4, -0.2) is 25.2 Å². The van der Waals surface area contributed by atoms with E-state index in [0.29, 0.717) is 18.8 Å². The molecule has 0 radical (unpaired) electrons. The second-order valence-corrected chi connectivity index (χ2v) is 3.57.